The zero-order chi connectivity index (χ0) is 9.84. The van der Waals surface area contributed by atoms with Gasteiger partial charge in [0, 0.05) is 17.6 Å². The number of carbonyl (C=O) groups is 1. The summed E-state index contributed by atoms with van der Waals surface area (Å²) in [5.74, 6) is -0.201. The van der Waals surface area contributed by atoms with E-state index >= 15 is 0 Å². The Balaban J connectivity index is 2.64. The van der Waals surface area contributed by atoms with Crippen LogP contribution in [0.2, 0.25) is 0 Å². The van der Waals surface area contributed by atoms with Crippen molar-refractivity contribution in [2.24, 2.45) is 0 Å². The fourth-order valence-corrected chi connectivity index (χ4v) is 2.12. The Morgan fingerprint density at radius 2 is 2.46 bits per heavy atom. The number of aromatic nitrogens is 1. The largest absolute Gasteiger partial charge is 0.469 e. The molecule has 0 saturated carbocycles. The third-order valence-corrected chi connectivity index (χ3v) is 3.13. The molecule has 0 bridgehead atoms. The zero-order valence-electron chi connectivity index (χ0n) is 7.57. The van der Waals surface area contributed by atoms with E-state index in [0.29, 0.717) is 13.0 Å². The molecule has 1 heterocycles. The normalized spacial score (nSPS) is 10.0. The van der Waals surface area contributed by atoms with E-state index in [2.05, 4.69) is 4.74 Å². The quantitative estimate of drug-likeness (QED) is 0.574. The van der Waals surface area contributed by atoms with Gasteiger partial charge in [-0.1, -0.05) is 0 Å². The van der Waals surface area contributed by atoms with Crippen LogP contribution in [0.15, 0.2) is 5.38 Å². The summed E-state index contributed by atoms with van der Waals surface area (Å²) in [6.07, 6.45) is 0.377. The molecule has 0 fully saturated rings. The molecule has 0 aliphatic heterocycles. The predicted octanol–water partition coefficient (Wildman–Crippen LogP) is 2.15. The molecule has 1 aromatic heterocycles. The molecule has 0 aliphatic rings. The summed E-state index contributed by atoms with van der Waals surface area (Å²) in [7, 11) is 1.39. The maximum atomic E-state index is 10.9. The lowest BCUT2D eigenvalue weighted by Gasteiger charge is -2.03. The summed E-state index contributed by atoms with van der Waals surface area (Å²) in [5, 5.41) is 1.99. The number of thiazole rings is 1. The molecule has 1 rings (SSSR count). The summed E-state index contributed by atoms with van der Waals surface area (Å²) in [6.45, 7) is 2.59. The smallest absolute Gasteiger partial charge is 0.307 e. The first-order chi connectivity index (χ1) is 6.15. The van der Waals surface area contributed by atoms with Crippen molar-refractivity contribution in [3.8, 4) is 0 Å². The van der Waals surface area contributed by atoms with Crippen LogP contribution in [0.4, 0.5) is 0 Å². The van der Waals surface area contributed by atoms with Crippen LogP contribution < -0.4 is 0 Å². The highest BCUT2D eigenvalue weighted by molar-refractivity contribution is 7.73. The highest BCUT2D eigenvalue weighted by atomic mass is 32.1. The van der Waals surface area contributed by atoms with E-state index in [0.717, 1.165) is 9.65 Å². The van der Waals surface area contributed by atoms with Crippen molar-refractivity contribution >= 4 is 29.5 Å². The minimum absolute atomic E-state index is 0.201. The van der Waals surface area contributed by atoms with Crippen LogP contribution in [0.1, 0.15) is 12.1 Å². The number of aryl methyl sites for hydroxylation is 1. The van der Waals surface area contributed by atoms with Gasteiger partial charge in [-0.3, -0.25) is 4.79 Å². The van der Waals surface area contributed by atoms with Crippen LogP contribution in [0.3, 0.4) is 0 Å². The number of rotatable bonds is 3. The maximum absolute atomic E-state index is 10.9. The SMILES string of the molecule is COC(=O)CCn1c(C)csc1=S. The number of esters is 1. The van der Waals surface area contributed by atoms with Gasteiger partial charge in [-0.25, -0.2) is 0 Å². The van der Waals surface area contributed by atoms with Gasteiger partial charge in [0.25, 0.3) is 0 Å². The lowest BCUT2D eigenvalue weighted by atomic mass is 10.4. The number of ether oxygens (including phenoxy) is 1. The predicted molar refractivity (Wildman–Crippen MR) is 54.5 cm³/mol. The molecule has 0 unspecified atom stereocenters. The molecular formula is C8H11NO2S2. The van der Waals surface area contributed by atoms with Crippen molar-refractivity contribution < 1.29 is 9.53 Å². The minimum Gasteiger partial charge on any atom is -0.469 e. The summed E-state index contributed by atoms with van der Waals surface area (Å²) >= 11 is 6.61. The van der Waals surface area contributed by atoms with E-state index < -0.39 is 0 Å². The molecule has 0 N–H and O–H groups in total. The Kier molecular flexibility index (Phi) is 3.62. The molecule has 13 heavy (non-hydrogen) atoms. The highest BCUT2D eigenvalue weighted by Crippen LogP contribution is 2.10. The summed E-state index contributed by atoms with van der Waals surface area (Å²) in [6, 6.07) is 0. The van der Waals surface area contributed by atoms with Crippen molar-refractivity contribution in [1.29, 1.82) is 0 Å². The molecule has 0 atom stereocenters. The molecule has 0 radical (unpaired) electrons. The maximum Gasteiger partial charge on any atom is 0.307 e. The lowest BCUT2D eigenvalue weighted by molar-refractivity contribution is -0.140. The lowest BCUT2D eigenvalue weighted by Crippen LogP contribution is -2.07. The van der Waals surface area contributed by atoms with Gasteiger partial charge in [-0.15, -0.1) is 11.3 Å². The van der Waals surface area contributed by atoms with Gasteiger partial charge in [-0.05, 0) is 19.1 Å². The van der Waals surface area contributed by atoms with Crippen molar-refractivity contribution in [2.75, 3.05) is 7.11 Å². The second kappa shape index (κ2) is 4.53. The second-order valence-electron chi connectivity index (χ2n) is 2.62. The van der Waals surface area contributed by atoms with Gasteiger partial charge >= 0.3 is 5.97 Å². The molecule has 72 valence electrons. The standard InChI is InChI=1S/C8H11NO2S2/c1-6-5-13-8(12)9(6)4-3-7(10)11-2/h5H,3-4H2,1-2H3. The molecular weight excluding hydrogens is 206 g/mol. The monoisotopic (exact) mass is 217 g/mol. The zero-order valence-corrected chi connectivity index (χ0v) is 9.20. The van der Waals surface area contributed by atoms with Crippen LogP contribution in [0.5, 0.6) is 0 Å². The molecule has 3 nitrogen and oxygen atoms in total. The Bertz CT molecular complexity index is 353. The molecule has 5 heteroatoms. The molecule has 0 aliphatic carbocycles. The number of hydrogen-bond donors (Lipinski definition) is 0. The van der Waals surface area contributed by atoms with E-state index in [1.165, 1.54) is 18.4 Å². The molecule has 0 saturated heterocycles. The Labute approximate surface area is 86.0 Å². The van der Waals surface area contributed by atoms with Crippen molar-refractivity contribution in [2.45, 2.75) is 19.9 Å². The van der Waals surface area contributed by atoms with Gasteiger partial charge in [0.15, 0.2) is 3.95 Å². The van der Waals surface area contributed by atoms with Crippen LogP contribution in [-0.2, 0) is 16.1 Å². The molecule has 0 amide bonds. The number of hydrogen-bond acceptors (Lipinski definition) is 4. The average molecular weight is 217 g/mol. The third-order valence-electron chi connectivity index (χ3n) is 1.74. The summed E-state index contributed by atoms with van der Waals surface area (Å²) in [5.41, 5.74) is 1.10. The summed E-state index contributed by atoms with van der Waals surface area (Å²) < 4.78 is 7.29. The minimum atomic E-state index is -0.201. The molecule has 0 aromatic carbocycles. The Morgan fingerprint density at radius 3 is 2.92 bits per heavy atom. The van der Waals surface area contributed by atoms with Crippen molar-refractivity contribution in [3.05, 3.63) is 15.0 Å². The van der Waals surface area contributed by atoms with Gasteiger partial charge in [-0.2, -0.15) is 0 Å². The fourth-order valence-electron chi connectivity index (χ4n) is 0.980. The Morgan fingerprint density at radius 1 is 1.77 bits per heavy atom. The second-order valence-corrected chi connectivity index (χ2v) is 4.12. The number of methoxy groups -OCH3 is 1. The average Bonchev–Trinajstić information content (AvgIpc) is 2.43. The van der Waals surface area contributed by atoms with Crippen molar-refractivity contribution in [3.63, 3.8) is 0 Å². The van der Waals surface area contributed by atoms with Crippen LogP contribution in [0, 0.1) is 10.9 Å². The van der Waals surface area contributed by atoms with Crippen LogP contribution in [-0.4, -0.2) is 17.6 Å². The van der Waals surface area contributed by atoms with Crippen molar-refractivity contribution in [1.82, 2.24) is 4.57 Å². The number of nitrogens with zero attached hydrogens (tertiary/aromatic N) is 1. The first-order valence-electron chi connectivity index (χ1n) is 3.87. The highest BCUT2D eigenvalue weighted by Gasteiger charge is 2.03. The van der Waals surface area contributed by atoms with E-state index in [9.17, 15) is 4.79 Å². The van der Waals surface area contributed by atoms with Gasteiger partial charge < -0.3 is 9.30 Å². The molecule has 1 aromatic rings. The van der Waals surface area contributed by atoms with Gasteiger partial charge in [0.1, 0.15) is 0 Å². The van der Waals surface area contributed by atoms with E-state index in [-0.39, 0.29) is 5.97 Å². The number of carbonyl (C=O) groups excluding carboxylic acids is 1. The van der Waals surface area contributed by atoms with Crippen LogP contribution in [0.25, 0.3) is 0 Å². The first kappa shape index (κ1) is 10.4. The fraction of sp³-hybridized carbons (Fsp3) is 0.500. The first-order valence-corrected chi connectivity index (χ1v) is 5.15. The Hall–Kier alpha value is -0.680. The topological polar surface area (TPSA) is 31.2 Å². The third kappa shape index (κ3) is 2.63. The van der Waals surface area contributed by atoms with Gasteiger partial charge in [0.05, 0.1) is 13.5 Å². The molecule has 0 spiro atoms. The summed E-state index contributed by atoms with van der Waals surface area (Å²) in [4.78, 5) is 10.9. The van der Waals surface area contributed by atoms with E-state index in [1.54, 1.807) is 0 Å². The van der Waals surface area contributed by atoms with E-state index in [1.807, 2.05) is 16.9 Å². The van der Waals surface area contributed by atoms with Crippen LogP contribution >= 0.6 is 23.6 Å². The van der Waals surface area contributed by atoms with E-state index in [4.69, 9.17) is 12.2 Å². The van der Waals surface area contributed by atoms with Gasteiger partial charge in [0.2, 0.25) is 0 Å².